The highest BCUT2D eigenvalue weighted by atomic mass is 32.2. The van der Waals surface area contributed by atoms with Gasteiger partial charge in [-0.15, -0.1) is 0 Å². The average Bonchev–Trinajstić information content (AvgIpc) is 2.28. The number of halogens is 2. The van der Waals surface area contributed by atoms with Gasteiger partial charge in [0.15, 0.2) is 11.6 Å². The predicted molar refractivity (Wildman–Crippen MR) is 67.3 cm³/mol. The van der Waals surface area contributed by atoms with Crippen LogP contribution in [0, 0.1) is 23.0 Å². The molecule has 0 atom stereocenters. The van der Waals surface area contributed by atoms with E-state index in [0.717, 1.165) is 24.3 Å². The molecular formula is C12H14F2N2S. The molecule has 2 nitrogen and oxygen atoms in total. The monoisotopic (exact) mass is 256 g/mol. The second-order valence-corrected chi connectivity index (χ2v) is 4.65. The summed E-state index contributed by atoms with van der Waals surface area (Å²) in [5.74, 6) is -0.425. The molecule has 0 bridgehead atoms. The van der Waals surface area contributed by atoms with E-state index in [0.29, 0.717) is 6.54 Å². The van der Waals surface area contributed by atoms with Gasteiger partial charge in [0.2, 0.25) is 0 Å². The zero-order valence-corrected chi connectivity index (χ0v) is 10.7. The van der Waals surface area contributed by atoms with E-state index in [1.807, 2.05) is 6.26 Å². The average molecular weight is 256 g/mol. The van der Waals surface area contributed by atoms with Gasteiger partial charge in [-0.3, -0.25) is 0 Å². The van der Waals surface area contributed by atoms with E-state index in [4.69, 9.17) is 5.26 Å². The Balaban J connectivity index is 2.87. The van der Waals surface area contributed by atoms with Crippen molar-refractivity contribution in [2.24, 2.45) is 0 Å². The standard InChI is InChI=1S/C12H14F2N2S/c1-16(4-3-5-17-2)12-10(13)6-9(8-15)7-11(12)14/h6-7H,3-5H2,1-2H3. The summed E-state index contributed by atoms with van der Waals surface area (Å²) in [6.07, 6.45) is 2.85. The molecule has 0 aliphatic rings. The third-order valence-corrected chi connectivity index (χ3v) is 3.07. The van der Waals surface area contributed by atoms with Crippen molar-refractivity contribution in [1.82, 2.24) is 0 Å². The van der Waals surface area contributed by atoms with E-state index < -0.39 is 11.6 Å². The highest BCUT2D eigenvalue weighted by molar-refractivity contribution is 7.98. The molecule has 0 fully saturated rings. The molecule has 0 aliphatic carbocycles. The Morgan fingerprint density at radius 3 is 2.41 bits per heavy atom. The molecule has 0 heterocycles. The summed E-state index contributed by atoms with van der Waals surface area (Å²) < 4.78 is 27.2. The highest BCUT2D eigenvalue weighted by Gasteiger charge is 2.14. The quantitative estimate of drug-likeness (QED) is 0.758. The van der Waals surface area contributed by atoms with E-state index in [-0.39, 0.29) is 11.3 Å². The lowest BCUT2D eigenvalue weighted by molar-refractivity contribution is 0.575. The van der Waals surface area contributed by atoms with Gasteiger partial charge in [-0.2, -0.15) is 17.0 Å². The van der Waals surface area contributed by atoms with Gasteiger partial charge in [-0.1, -0.05) is 0 Å². The lowest BCUT2D eigenvalue weighted by Crippen LogP contribution is -2.21. The Labute approximate surface area is 104 Å². The van der Waals surface area contributed by atoms with Crippen LogP contribution < -0.4 is 4.90 Å². The minimum Gasteiger partial charge on any atom is -0.370 e. The third-order valence-electron chi connectivity index (χ3n) is 2.37. The van der Waals surface area contributed by atoms with Crippen LogP contribution in [0.4, 0.5) is 14.5 Å². The minimum atomic E-state index is -0.687. The van der Waals surface area contributed by atoms with Gasteiger partial charge in [0, 0.05) is 13.6 Å². The molecule has 92 valence electrons. The summed E-state index contributed by atoms with van der Waals surface area (Å²) in [6.45, 7) is 0.584. The summed E-state index contributed by atoms with van der Waals surface area (Å²) in [6, 6.07) is 3.84. The van der Waals surface area contributed by atoms with E-state index in [1.54, 1.807) is 29.8 Å². The normalized spacial score (nSPS) is 10.1. The molecule has 0 amide bonds. The smallest absolute Gasteiger partial charge is 0.150 e. The molecule has 0 radical (unpaired) electrons. The fourth-order valence-corrected chi connectivity index (χ4v) is 1.97. The van der Waals surface area contributed by atoms with Gasteiger partial charge in [0.05, 0.1) is 11.6 Å². The summed E-state index contributed by atoms with van der Waals surface area (Å²) in [5, 5.41) is 8.59. The van der Waals surface area contributed by atoms with Crippen molar-refractivity contribution in [2.75, 3.05) is 30.5 Å². The first-order valence-electron chi connectivity index (χ1n) is 5.19. The fourth-order valence-electron chi connectivity index (χ4n) is 1.55. The topological polar surface area (TPSA) is 27.0 Å². The Hall–Kier alpha value is -1.28. The molecule has 5 heteroatoms. The van der Waals surface area contributed by atoms with Crippen molar-refractivity contribution in [2.45, 2.75) is 6.42 Å². The summed E-state index contributed by atoms with van der Waals surface area (Å²) in [7, 11) is 1.65. The Morgan fingerprint density at radius 1 is 1.35 bits per heavy atom. The van der Waals surface area contributed by atoms with Crippen LogP contribution in [0.1, 0.15) is 12.0 Å². The summed E-state index contributed by atoms with van der Waals surface area (Å²) in [4.78, 5) is 1.54. The second-order valence-electron chi connectivity index (χ2n) is 3.67. The summed E-state index contributed by atoms with van der Waals surface area (Å²) >= 11 is 1.70. The Kier molecular flexibility index (Phi) is 5.23. The first kappa shape index (κ1) is 13.8. The van der Waals surface area contributed by atoms with E-state index in [2.05, 4.69) is 0 Å². The Morgan fingerprint density at radius 2 is 1.94 bits per heavy atom. The molecule has 17 heavy (non-hydrogen) atoms. The largest absolute Gasteiger partial charge is 0.370 e. The molecule has 0 aromatic heterocycles. The van der Waals surface area contributed by atoms with E-state index >= 15 is 0 Å². The minimum absolute atomic E-state index is 0.00117. The fraction of sp³-hybridized carbons (Fsp3) is 0.417. The van der Waals surface area contributed by atoms with Crippen LogP contribution >= 0.6 is 11.8 Å². The maximum atomic E-state index is 13.6. The summed E-state index contributed by atoms with van der Waals surface area (Å²) in [5.41, 5.74) is -0.0635. The molecule has 0 aliphatic heterocycles. The van der Waals surface area contributed by atoms with Crippen molar-refractivity contribution in [3.63, 3.8) is 0 Å². The predicted octanol–water partition coefficient (Wildman–Crippen LogP) is 3.03. The molecule has 0 spiro atoms. The molecule has 0 saturated carbocycles. The number of rotatable bonds is 5. The molecular weight excluding hydrogens is 242 g/mol. The highest BCUT2D eigenvalue weighted by Crippen LogP contribution is 2.24. The van der Waals surface area contributed by atoms with Crippen molar-refractivity contribution >= 4 is 17.4 Å². The SMILES string of the molecule is CSCCCN(C)c1c(F)cc(C#N)cc1F. The van der Waals surface area contributed by atoms with Crippen molar-refractivity contribution in [3.8, 4) is 6.07 Å². The van der Waals surface area contributed by atoms with Gasteiger partial charge < -0.3 is 4.90 Å². The van der Waals surface area contributed by atoms with Crippen LogP contribution in [0.15, 0.2) is 12.1 Å². The number of nitriles is 1. The zero-order valence-electron chi connectivity index (χ0n) is 9.83. The van der Waals surface area contributed by atoms with Crippen molar-refractivity contribution < 1.29 is 8.78 Å². The number of hydrogen-bond donors (Lipinski definition) is 0. The molecule has 0 saturated heterocycles. The van der Waals surface area contributed by atoms with Gasteiger partial charge >= 0.3 is 0 Å². The number of hydrogen-bond acceptors (Lipinski definition) is 3. The van der Waals surface area contributed by atoms with E-state index in [9.17, 15) is 8.78 Å². The van der Waals surface area contributed by atoms with Crippen molar-refractivity contribution in [1.29, 1.82) is 5.26 Å². The maximum Gasteiger partial charge on any atom is 0.150 e. The lowest BCUT2D eigenvalue weighted by atomic mass is 10.2. The zero-order chi connectivity index (χ0) is 12.8. The lowest BCUT2D eigenvalue weighted by Gasteiger charge is -2.20. The van der Waals surface area contributed by atoms with Crippen molar-refractivity contribution in [3.05, 3.63) is 29.3 Å². The van der Waals surface area contributed by atoms with Crippen LogP contribution in [0.2, 0.25) is 0 Å². The Bertz CT molecular complexity index is 406. The number of nitrogens with zero attached hydrogens (tertiary/aromatic N) is 2. The van der Waals surface area contributed by atoms with Gasteiger partial charge in [-0.25, -0.2) is 8.78 Å². The van der Waals surface area contributed by atoms with Gasteiger partial charge in [0.25, 0.3) is 0 Å². The molecule has 0 N–H and O–H groups in total. The molecule has 1 rings (SSSR count). The van der Waals surface area contributed by atoms with E-state index in [1.165, 1.54) is 0 Å². The second kappa shape index (κ2) is 6.45. The van der Waals surface area contributed by atoms with Gasteiger partial charge in [-0.05, 0) is 30.6 Å². The maximum absolute atomic E-state index is 13.6. The molecule has 1 aromatic rings. The van der Waals surface area contributed by atoms with Crippen LogP contribution in [0.5, 0.6) is 0 Å². The number of thioether (sulfide) groups is 1. The van der Waals surface area contributed by atoms with Crippen LogP contribution in [0.3, 0.4) is 0 Å². The van der Waals surface area contributed by atoms with Gasteiger partial charge in [0.1, 0.15) is 5.69 Å². The number of benzene rings is 1. The number of anilines is 1. The third kappa shape index (κ3) is 3.60. The first-order chi connectivity index (χ1) is 8.10. The molecule has 1 aromatic carbocycles. The van der Waals surface area contributed by atoms with Crippen LogP contribution in [0.25, 0.3) is 0 Å². The van der Waals surface area contributed by atoms with Crippen LogP contribution in [-0.2, 0) is 0 Å². The first-order valence-corrected chi connectivity index (χ1v) is 6.58. The molecule has 0 unspecified atom stereocenters. The van der Waals surface area contributed by atoms with Crippen LogP contribution in [-0.4, -0.2) is 25.6 Å².